The molecule has 0 bridgehead atoms. The highest BCUT2D eigenvalue weighted by Gasteiger charge is 2.32. The molecule has 0 aliphatic heterocycles. The molecule has 0 heterocycles. The molecule has 0 unspecified atom stereocenters. The van der Waals surface area contributed by atoms with E-state index in [9.17, 15) is 18.0 Å². The van der Waals surface area contributed by atoms with Gasteiger partial charge in [0, 0.05) is 11.6 Å². The maximum Gasteiger partial charge on any atom is 0.405 e. The van der Waals surface area contributed by atoms with Gasteiger partial charge in [-0.25, -0.2) is 0 Å². The first-order chi connectivity index (χ1) is 8.24. The van der Waals surface area contributed by atoms with Crippen molar-refractivity contribution in [3.63, 3.8) is 0 Å². The summed E-state index contributed by atoms with van der Waals surface area (Å²) in [4.78, 5) is 11.7. The smallest absolute Gasteiger partial charge is 0.359 e. The van der Waals surface area contributed by atoms with Crippen molar-refractivity contribution in [3.8, 4) is 0 Å². The second kappa shape index (κ2) is 5.61. The highest BCUT2D eigenvalue weighted by atomic mass is 35.5. The van der Waals surface area contributed by atoms with Gasteiger partial charge in [-0.05, 0) is 32.0 Å². The zero-order valence-electron chi connectivity index (χ0n) is 9.96. The van der Waals surface area contributed by atoms with E-state index in [0.717, 1.165) is 4.90 Å². The summed E-state index contributed by atoms with van der Waals surface area (Å²) in [5.74, 6) is 0. The van der Waals surface area contributed by atoms with Crippen LogP contribution in [0.25, 0.3) is 0 Å². The molecule has 0 aromatic heterocycles. The fourth-order valence-electron chi connectivity index (χ4n) is 1.57. The van der Waals surface area contributed by atoms with E-state index in [1.807, 2.05) is 0 Å². The summed E-state index contributed by atoms with van der Waals surface area (Å²) in [6.45, 7) is 2.22. The Balaban J connectivity index is 3.10. The summed E-state index contributed by atoms with van der Waals surface area (Å²) in [5.41, 5.74) is 0.606. The number of carbonyl (C=O) groups excluding carboxylic acids is 1. The number of hydrogen-bond donors (Lipinski definition) is 0. The van der Waals surface area contributed by atoms with Crippen molar-refractivity contribution in [1.29, 1.82) is 0 Å². The summed E-state index contributed by atoms with van der Waals surface area (Å²) in [6.07, 6.45) is -3.71. The van der Waals surface area contributed by atoms with Gasteiger partial charge in [0.25, 0.3) is 0 Å². The van der Waals surface area contributed by atoms with Crippen molar-refractivity contribution >= 4 is 23.6 Å². The van der Waals surface area contributed by atoms with E-state index in [-0.39, 0.29) is 16.8 Å². The van der Waals surface area contributed by atoms with E-state index in [2.05, 4.69) is 0 Å². The van der Waals surface area contributed by atoms with Crippen LogP contribution >= 0.6 is 11.6 Å². The average Bonchev–Trinajstić information content (AvgIpc) is 2.24. The molecule has 1 aromatic carbocycles. The zero-order valence-corrected chi connectivity index (χ0v) is 10.7. The summed E-state index contributed by atoms with van der Waals surface area (Å²) in [6, 6.07) is 3.87. The Hall–Kier alpha value is -1.23. The Labute approximate surface area is 108 Å². The molecule has 0 fully saturated rings. The van der Waals surface area contributed by atoms with Crippen LogP contribution in [0.15, 0.2) is 18.2 Å². The molecular weight excluding hydrogens is 267 g/mol. The maximum absolute atomic E-state index is 12.5. The fraction of sp³-hybridized carbons (Fsp3) is 0.417. The van der Waals surface area contributed by atoms with E-state index in [1.54, 1.807) is 13.8 Å². The van der Waals surface area contributed by atoms with Crippen molar-refractivity contribution in [3.05, 3.63) is 28.8 Å². The Morgan fingerprint density at radius 2 is 2.00 bits per heavy atom. The van der Waals surface area contributed by atoms with E-state index in [1.165, 1.54) is 18.2 Å². The highest BCUT2D eigenvalue weighted by molar-refractivity contribution is 6.33. The van der Waals surface area contributed by atoms with Crippen LogP contribution in [-0.2, 0) is 0 Å². The van der Waals surface area contributed by atoms with Gasteiger partial charge < -0.3 is 4.90 Å². The monoisotopic (exact) mass is 279 g/mol. The lowest BCUT2D eigenvalue weighted by molar-refractivity contribution is -0.120. The Kier molecular flexibility index (Phi) is 4.62. The average molecular weight is 280 g/mol. The summed E-state index contributed by atoms with van der Waals surface area (Å²) < 4.78 is 37.5. The Morgan fingerprint density at radius 1 is 1.39 bits per heavy atom. The molecule has 6 heteroatoms. The van der Waals surface area contributed by atoms with E-state index < -0.39 is 12.7 Å². The summed E-state index contributed by atoms with van der Waals surface area (Å²) in [5, 5.41) is 0.137. The van der Waals surface area contributed by atoms with Crippen molar-refractivity contribution in [2.75, 3.05) is 11.4 Å². The van der Waals surface area contributed by atoms with Gasteiger partial charge in [-0.3, -0.25) is 4.79 Å². The number of benzene rings is 1. The van der Waals surface area contributed by atoms with Gasteiger partial charge in [-0.1, -0.05) is 11.6 Å². The molecule has 1 rings (SSSR count). The third-order valence-electron chi connectivity index (χ3n) is 2.39. The minimum Gasteiger partial charge on any atom is -0.359 e. The maximum atomic E-state index is 12.5. The second-order valence-electron chi connectivity index (χ2n) is 4.17. The van der Waals surface area contributed by atoms with Crippen molar-refractivity contribution in [2.24, 2.45) is 0 Å². The third kappa shape index (κ3) is 3.91. The number of hydrogen-bond acceptors (Lipinski definition) is 2. The van der Waals surface area contributed by atoms with Crippen LogP contribution in [0, 0.1) is 0 Å². The second-order valence-corrected chi connectivity index (χ2v) is 4.57. The summed E-state index contributed by atoms with van der Waals surface area (Å²) >= 11 is 5.91. The molecule has 18 heavy (non-hydrogen) atoms. The molecule has 2 nitrogen and oxygen atoms in total. The molecule has 0 saturated heterocycles. The molecule has 0 radical (unpaired) electrons. The number of nitrogens with zero attached hydrogens (tertiary/aromatic N) is 1. The molecule has 0 aliphatic rings. The molecule has 0 spiro atoms. The Bertz CT molecular complexity index is 432. The van der Waals surface area contributed by atoms with Gasteiger partial charge in [0.15, 0.2) is 0 Å². The molecule has 0 N–H and O–H groups in total. The fourth-order valence-corrected chi connectivity index (χ4v) is 1.87. The number of carbonyl (C=O) groups is 1. The first-order valence-corrected chi connectivity index (χ1v) is 5.70. The predicted octanol–water partition coefficient (Wildman–Crippen LogP) is 3.93. The van der Waals surface area contributed by atoms with Crippen molar-refractivity contribution in [1.82, 2.24) is 0 Å². The molecule has 100 valence electrons. The lowest BCUT2D eigenvalue weighted by Crippen LogP contribution is -2.39. The van der Waals surface area contributed by atoms with Gasteiger partial charge in [0.1, 0.15) is 12.8 Å². The minimum absolute atomic E-state index is 0.137. The normalized spacial score (nSPS) is 11.7. The van der Waals surface area contributed by atoms with E-state index in [4.69, 9.17) is 11.6 Å². The number of alkyl halides is 3. The zero-order chi connectivity index (χ0) is 13.9. The third-order valence-corrected chi connectivity index (χ3v) is 2.69. The van der Waals surface area contributed by atoms with Crippen LogP contribution < -0.4 is 4.90 Å². The summed E-state index contributed by atoms with van der Waals surface area (Å²) in [7, 11) is 0. The molecule has 0 atom stereocenters. The quantitative estimate of drug-likeness (QED) is 0.778. The van der Waals surface area contributed by atoms with Gasteiger partial charge in [0.2, 0.25) is 0 Å². The van der Waals surface area contributed by atoms with Crippen LogP contribution in [-0.4, -0.2) is 25.0 Å². The van der Waals surface area contributed by atoms with Crippen LogP contribution in [0.2, 0.25) is 5.02 Å². The van der Waals surface area contributed by atoms with Crippen LogP contribution in [0.1, 0.15) is 24.2 Å². The van der Waals surface area contributed by atoms with Gasteiger partial charge in [0.05, 0.1) is 10.7 Å². The first-order valence-electron chi connectivity index (χ1n) is 5.32. The van der Waals surface area contributed by atoms with Crippen LogP contribution in [0.4, 0.5) is 18.9 Å². The molecule has 0 saturated carbocycles. The number of halogens is 4. The highest BCUT2D eigenvalue weighted by Crippen LogP contribution is 2.30. The number of anilines is 1. The van der Waals surface area contributed by atoms with Crippen LogP contribution in [0.3, 0.4) is 0 Å². The predicted molar refractivity (Wildman–Crippen MR) is 65.4 cm³/mol. The largest absolute Gasteiger partial charge is 0.405 e. The Morgan fingerprint density at radius 3 is 2.39 bits per heavy atom. The molecular formula is C12H13ClF3NO. The molecule has 0 aliphatic carbocycles. The SMILES string of the molecule is CC(C)N(CC(F)(F)F)c1ccc(C=O)cc1Cl. The van der Waals surface area contributed by atoms with Gasteiger partial charge in [-0.2, -0.15) is 13.2 Å². The van der Waals surface area contributed by atoms with Crippen LogP contribution in [0.5, 0.6) is 0 Å². The van der Waals surface area contributed by atoms with Crippen molar-refractivity contribution < 1.29 is 18.0 Å². The molecule has 0 amide bonds. The molecule has 1 aromatic rings. The van der Waals surface area contributed by atoms with E-state index >= 15 is 0 Å². The van der Waals surface area contributed by atoms with E-state index in [0.29, 0.717) is 11.8 Å². The van der Waals surface area contributed by atoms with Crippen molar-refractivity contribution in [2.45, 2.75) is 26.1 Å². The van der Waals surface area contributed by atoms with Gasteiger partial charge in [-0.15, -0.1) is 0 Å². The number of rotatable bonds is 4. The lowest BCUT2D eigenvalue weighted by Gasteiger charge is -2.30. The minimum atomic E-state index is -4.31. The standard InChI is InChI=1S/C12H13ClF3NO/c1-8(2)17(7-12(14,15)16)11-4-3-9(6-18)5-10(11)13/h3-6,8H,7H2,1-2H3. The number of aldehydes is 1. The topological polar surface area (TPSA) is 20.3 Å². The first kappa shape index (κ1) is 14.8. The van der Waals surface area contributed by atoms with Gasteiger partial charge >= 0.3 is 6.18 Å². The lowest BCUT2D eigenvalue weighted by atomic mass is 10.2.